The van der Waals surface area contributed by atoms with Gasteiger partial charge in [-0.15, -0.1) is 0 Å². The third-order valence-electron chi connectivity index (χ3n) is 2.59. The van der Waals surface area contributed by atoms with E-state index in [2.05, 4.69) is 6.92 Å². The zero-order valence-electron chi connectivity index (χ0n) is 8.60. The van der Waals surface area contributed by atoms with Crippen LogP contribution in [0.15, 0.2) is 24.3 Å². The molecule has 0 saturated heterocycles. The highest BCUT2D eigenvalue weighted by Crippen LogP contribution is 2.28. The summed E-state index contributed by atoms with van der Waals surface area (Å²) in [5.41, 5.74) is 1.03. The summed E-state index contributed by atoms with van der Waals surface area (Å²) in [7, 11) is 0. The third-order valence-corrected chi connectivity index (χ3v) is 2.59. The van der Waals surface area contributed by atoms with Crippen LogP contribution in [0, 0.1) is 5.92 Å². The van der Waals surface area contributed by atoms with Crippen LogP contribution in [0.25, 0.3) is 0 Å². The smallest absolute Gasteiger partial charge is 0.123 e. The summed E-state index contributed by atoms with van der Waals surface area (Å²) in [5, 5.41) is 9.32. The molecule has 0 amide bonds. The Hall–Kier alpha value is -1.31. The van der Waals surface area contributed by atoms with Crippen LogP contribution in [0.5, 0.6) is 5.75 Å². The molecule has 76 valence electrons. The standard InChI is InChI=1S/C12H16O2/c1-3-12(9(2)8-13)10-5-4-6-11(14)7-10/h4-9,12,14H,3H2,1-2H3/t9-,12-/m0/s1. The molecule has 1 rings (SSSR count). The van der Waals surface area contributed by atoms with Crippen molar-refractivity contribution >= 4 is 6.29 Å². The molecule has 2 atom stereocenters. The molecule has 14 heavy (non-hydrogen) atoms. The molecule has 1 aromatic rings. The van der Waals surface area contributed by atoms with E-state index in [4.69, 9.17) is 0 Å². The number of benzene rings is 1. The van der Waals surface area contributed by atoms with Gasteiger partial charge in [0.05, 0.1) is 0 Å². The number of aromatic hydroxyl groups is 1. The molecule has 1 aromatic carbocycles. The monoisotopic (exact) mass is 192 g/mol. The van der Waals surface area contributed by atoms with Gasteiger partial charge in [-0.05, 0) is 30.0 Å². The number of aldehydes is 1. The molecule has 0 aromatic heterocycles. The Balaban J connectivity index is 2.94. The largest absolute Gasteiger partial charge is 0.508 e. The summed E-state index contributed by atoms with van der Waals surface area (Å²) in [6, 6.07) is 7.13. The van der Waals surface area contributed by atoms with Crippen LogP contribution in [0.2, 0.25) is 0 Å². The first-order valence-electron chi connectivity index (χ1n) is 4.93. The quantitative estimate of drug-likeness (QED) is 0.745. The van der Waals surface area contributed by atoms with Crippen LogP contribution in [-0.2, 0) is 4.79 Å². The minimum Gasteiger partial charge on any atom is -0.508 e. The van der Waals surface area contributed by atoms with Gasteiger partial charge < -0.3 is 9.90 Å². The van der Waals surface area contributed by atoms with E-state index in [-0.39, 0.29) is 17.6 Å². The Morgan fingerprint density at radius 3 is 2.71 bits per heavy atom. The highest BCUT2D eigenvalue weighted by atomic mass is 16.3. The first-order chi connectivity index (χ1) is 6.69. The first-order valence-corrected chi connectivity index (χ1v) is 4.93. The average Bonchev–Trinajstić information content (AvgIpc) is 2.19. The molecule has 0 heterocycles. The van der Waals surface area contributed by atoms with Crippen molar-refractivity contribution in [3.63, 3.8) is 0 Å². The maximum absolute atomic E-state index is 10.7. The number of hydrogen-bond donors (Lipinski definition) is 1. The van der Waals surface area contributed by atoms with Gasteiger partial charge in [-0.2, -0.15) is 0 Å². The van der Waals surface area contributed by atoms with Crippen molar-refractivity contribution in [2.75, 3.05) is 0 Å². The maximum atomic E-state index is 10.7. The van der Waals surface area contributed by atoms with Crippen molar-refractivity contribution in [1.82, 2.24) is 0 Å². The highest BCUT2D eigenvalue weighted by Gasteiger charge is 2.16. The summed E-state index contributed by atoms with van der Waals surface area (Å²) in [5.74, 6) is 0.473. The molecule has 0 bridgehead atoms. The molecule has 0 spiro atoms. The lowest BCUT2D eigenvalue weighted by Gasteiger charge is -2.18. The fraction of sp³-hybridized carbons (Fsp3) is 0.417. The van der Waals surface area contributed by atoms with Crippen LogP contribution in [0.4, 0.5) is 0 Å². The molecule has 0 saturated carbocycles. The Labute approximate surface area is 84.6 Å². The van der Waals surface area contributed by atoms with E-state index in [1.165, 1.54) is 0 Å². The molecule has 0 unspecified atom stereocenters. The lowest BCUT2D eigenvalue weighted by molar-refractivity contribution is -0.111. The van der Waals surface area contributed by atoms with Crippen molar-refractivity contribution in [3.8, 4) is 5.75 Å². The zero-order valence-corrected chi connectivity index (χ0v) is 8.60. The molecule has 0 aliphatic carbocycles. The summed E-state index contributed by atoms with van der Waals surface area (Å²) < 4.78 is 0. The molecule has 0 aliphatic heterocycles. The number of carbonyl (C=O) groups is 1. The Kier molecular flexibility index (Phi) is 3.69. The molecule has 0 radical (unpaired) electrons. The molecule has 2 nitrogen and oxygen atoms in total. The van der Waals surface area contributed by atoms with Crippen LogP contribution < -0.4 is 0 Å². The Morgan fingerprint density at radius 1 is 1.50 bits per heavy atom. The van der Waals surface area contributed by atoms with Crippen molar-refractivity contribution in [1.29, 1.82) is 0 Å². The van der Waals surface area contributed by atoms with Gasteiger partial charge in [-0.3, -0.25) is 0 Å². The van der Waals surface area contributed by atoms with E-state index in [1.807, 2.05) is 19.1 Å². The van der Waals surface area contributed by atoms with E-state index >= 15 is 0 Å². The van der Waals surface area contributed by atoms with E-state index in [0.717, 1.165) is 18.3 Å². The third kappa shape index (κ3) is 2.34. The lowest BCUT2D eigenvalue weighted by Crippen LogP contribution is -2.09. The summed E-state index contributed by atoms with van der Waals surface area (Å²) in [6.45, 7) is 3.96. The van der Waals surface area contributed by atoms with E-state index in [1.54, 1.807) is 12.1 Å². The number of phenols is 1. The van der Waals surface area contributed by atoms with Gasteiger partial charge in [0, 0.05) is 5.92 Å². The SMILES string of the molecule is CC[C@H](c1cccc(O)c1)[C@@H](C)C=O. The van der Waals surface area contributed by atoms with Crippen molar-refractivity contribution in [2.45, 2.75) is 26.2 Å². The maximum Gasteiger partial charge on any atom is 0.123 e. The molecule has 0 fully saturated rings. The van der Waals surface area contributed by atoms with Gasteiger partial charge in [0.2, 0.25) is 0 Å². The minimum absolute atomic E-state index is 0.00167. The van der Waals surface area contributed by atoms with Crippen molar-refractivity contribution < 1.29 is 9.90 Å². The van der Waals surface area contributed by atoms with E-state index < -0.39 is 0 Å². The van der Waals surface area contributed by atoms with Gasteiger partial charge in [-0.1, -0.05) is 26.0 Å². The second-order valence-corrected chi connectivity index (χ2v) is 3.60. The van der Waals surface area contributed by atoms with Gasteiger partial charge >= 0.3 is 0 Å². The Morgan fingerprint density at radius 2 is 2.21 bits per heavy atom. The molecular weight excluding hydrogens is 176 g/mol. The molecule has 1 N–H and O–H groups in total. The highest BCUT2D eigenvalue weighted by molar-refractivity contribution is 5.55. The zero-order chi connectivity index (χ0) is 10.6. The first kappa shape index (κ1) is 10.8. The summed E-state index contributed by atoms with van der Waals surface area (Å²) in [4.78, 5) is 10.7. The molecule has 2 heteroatoms. The number of hydrogen-bond acceptors (Lipinski definition) is 2. The summed E-state index contributed by atoms with van der Waals surface area (Å²) >= 11 is 0. The fourth-order valence-corrected chi connectivity index (χ4v) is 1.76. The van der Waals surface area contributed by atoms with Crippen LogP contribution in [-0.4, -0.2) is 11.4 Å². The van der Waals surface area contributed by atoms with Crippen LogP contribution in [0.3, 0.4) is 0 Å². The Bertz CT molecular complexity index is 307. The fourth-order valence-electron chi connectivity index (χ4n) is 1.76. The summed E-state index contributed by atoms with van der Waals surface area (Å²) in [6.07, 6.45) is 1.88. The lowest BCUT2D eigenvalue weighted by atomic mass is 9.86. The van der Waals surface area contributed by atoms with E-state index in [9.17, 15) is 9.90 Å². The van der Waals surface area contributed by atoms with Crippen molar-refractivity contribution in [3.05, 3.63) is 29.8 Å². The molecule has 0 aliphatic rings. The van der Waals surface area contributed by atoms with E-state index in [0.29, 0.717) is 0 Å². The van der Waals surface area contributed by atoms with Crippen LogP contribution in [0.1, 0.15) is 31.7 Å². The van der Waals surface area contributed by atoms with Gasteiger partial charge in [0.1, 0.15) is 12.0 Å². The predicted molar refractivity (Wildman–Crippen MR) is 56.4 cm³/mol. The topological polar surface area (TPSA) is 37.3 Å². The van der Waals surface area contributed by atoms with Gasteiger partial charge in [0.15, 0.2) is 0 Å². The number of carbonyl (C=O) groups excluding carboxylic acids is 1. The normalized spacial score (nSPS) is 14.7. The second kappa shape index (κ2) is 4.80. The second-order valence-electron chi connectivity index (χ2n) is 3.60. The van der Waals surface area contributed by atoms with Gasteiger partial charge in [0.25, 0.3) is 0 Å². The predicted octanol–water partition coefficient (Wildman–Crippen LogP) is 2.72. The number of rotatable bonds is 4. The van der Waals surface area contributed by atoms with Crippen molar-refractivity contribution in [2.24, 2.45) is 5.92 Å². The van der Waals surface area contributed by atoms with Crippen LogP contribution >= 0.6 is 0 Å². The number of phenolic OH excluding ortho intramolecular Hbond substituents is 1. The minimum atomic E-state index is 0.00167. The van der Waals surface area contributed by atoms with Gasteiger partial charge in [-0.25, -0.2) is 0 Å². The molecular formula is C12H16O2. The average molecular weight is 192 g/mol.